The van der Waals surface area contributed by atoms with Gasteiger partial charge in [-0.3, -0.25) is 4.68 Å². The van der Waals surface area contributed by atoms with Crippen molar-refractivity contribution in [3.8, 4) is 0 Å². The quantitative estimate of drug-likeness (QED) is 0.848. The molecule has 1 saturated heterocycles. The van der Waals surface area contributed by atoms with Crippen molar-refractivity contribution in [2.45, 2.75) is 30.2 Å². The molecule has 1 aromatic carbocycles. The first-order chi connectivity index (χ1) is 10.9. The highest BCUT2D eigenvalue weighted by Crippen LogP contribution is 2.35. The number of hydrogen-bond donors (Lipinski definition) is 0. The van der Waals surface area contributed by atoms with E-state index in [1.807, 2.05) is 6.20 Å². The van der Waals surface area contributed by atoms with Gasteiger partial charge < -0.3 is 0 Å². The minimum atomic E-state index is -3.74. The molecular weight excluding hydrogens is 341 g/mol. The van der Waals surface area contributed by atoms with Gasteiger partial charge in [-0.05, 0) is 31.0 Å². The van der Waals surface area contributed by atoms with Gasteiger partial charge in [0, 0.05) is 25.4 Å². The monoisotopic (exact) mass is 357 g/mol. The summed E-state index contributed by atoms with van der Waals surface area (Å²) in [5.74, 6) is -0.631. The molecule has 3 rings (SSSR count). The van der Waals surface area contributed by atoms with E-state index in [0.717, 1.165) is 30.9 Å². The number of nitrogens with zero attached hydrogens (tertiary/aromatic N) is 3. The van der Waals surface area contributed by atoms with Crippen molar-refractivity contribution in [3.05, 3.63) is 47.0 Å². The second kappa shape index (κ2) is 6.22. The van der Waals surface area contributed by atoms with Crippen molar-refractivity contribution in [2.24, 2.45) is 7.05 Å². The van der Waals surface area contributed by atoms with E-state index in [1.165, 1.54) is 16.4 Å². The molecule has 0 bridgehead atoms. The maximum Gasteiger partial charge on any atom is 0.243 e. The fraction of sp³-hybridized carbons (Fsp3) is 0.400. The SMILES string of the molecule is Cn1cc(C2CCCCN2S(=O)(=O)c2ccc(F)c(Cl)c2)cn1. The van der Waals surface area contributed by atoms with Crippen molar-refractivity contribution in [1.82, 2.24) is 14.1 Å². The zero-order valence-electron chi connectivity index (χ0n) is 12.6. The molecule has 23 heavy (non-hydrogen) atoms. The molecule has 1 aromatic heterocycles. The van der Waals surface area contributed by atoms with E-state index < -0.39 is 15.8 Å². The summed E-state index contributed by atoms with van der Waals surface area (Å²) in [5, 5.41) is 3.94. The Hall–Kier alpha value is -1.44. The molecule has 5 nitrogen and oxygen atoms in total. The van der Waals surface area contributed by atoms with E-state index in [9.17, 15) is 12.8 Å². The Balaban J connectivity index is 2.00. The highest BCUT2D eigenvalue weighted by Gasteiger charge is 2.35. The average Bonchev–Trinajstić information content (AvgIpc) is 2.96. The van der Waals surface area contributed by atoms with Gasteiger partial charge in [-0.2, -0.15) is 9.40 Å². The summed E-state index contributed by atoms with van der Waals surface area (Å²) in [7, 11) is -1.95. The summed E-state index contributed by atoms with van der Waals surface area (Å²) in [6.07, 6.45) is 6.01. The van der Waals surface area contributed by atoms with E-state index >= 15 is 0 Å². The van der Waals surface area contributed by atoms with Crippen LogP contribution in [-0.2, 0) is 17.1 Å². The third kappa shape index (κ3) is 3.13. The van der Waals surface area contributed by atoms with Crippen LogP contribution in [-0.4, -0.2) is 29.0 Å². The molecule has 1 fully saturated rings. The van der Waals surface area contributed by atoms with Crippen molar-refractivity contribution in [2.75, 3.05) is 6.54 Å². The van der Waals surface area contributed by atoms with Crippen LogP contribution in [0.5, 0.6) is 0 Å². The topological polar surface area (TPSA) is 55.2 Å². The summed E-state index contributed by atoms with van der Waals surface area (Å²) in [4.78, 5) is 0.0136. The maximum atomic E-state index is 13.3. The van der Waals surface area contributed by atoms with E-state index in [-0.39, 0.29) is 16.0 Å². The van der Waals surface area contributed by atoms with Gasteiger partial charge >= 0.3 is 0 Å². The van der Waals surface area contributed by atoms with E-state index in [0.29, 0.717) is 6.54 Å². The van der Waals surface area contributed by atoms with Gasteiger partial charge in [-0.25, -0.2) is 12.8 Å². The molecule has 2 aromatic rings. The predicted molar refractivity (Wildman–Crippen MR) is 85.1 cm³/mol. The number of benzene rings is 1. The Morgan fingerprint density at radius 1 is 1.35 bits per heavy atom. The van der Waals surface area contributed by atoms with Crippen LogP contribution in [0.3, 0.4) is 0 Å². The van der Waals surface area contributed by atoms with Crippen molar-refractivity contribution >= 4 is 21.6 Å². The third-order valence-corrected chi connectivity index (χ3v) is 6.25. The molecule has 2 heterocycles. The van der Waals surface area contributed by atoms with Gasteiger partial charge in [0.15, 0.2) is 0 Å². The predicted octanol–water partition coefficient (Wildman–Crippen LogP) is 3.13. The zero-order valence-corrected chi connectivity index (χ0v) is 14.2. The van der Waals surface area contributed by atoms with Gasteiger partial charge in [-0.15, -0.1) is 0 Å². The maximum absolute atomic E-state index is 13.3. The molecule has 1 atom stereocenters. The molecule has 1 unspecified atom stereocenters. The lowest BCUT2D eigenvalue weighted by Crippen LogP contribution is -2.38. The number of aryl methyl sites for hydroxylation is 1. The normalized spacial score (nSPS) is 19.9. The highest BCUT2D eigenvalue weighted by molar-refractivity contribution is 7.89. The number of halogens is 2. The van der Waals surface area contributed by atoms with Crippen LogP contribution >= 0.6 is 11.6 Å². The van der Waals surface area contributed by atoms with Gasteiger partial charge in [-0.1, -0.05) is 18.0 Å². The van der Waals surface area contributed by atoms with Crippen LogP contribution in [0.25, 0.3) is 0 Å². The fourth-order valence-electron chi connectivity index (χ4n) is 2.91. The number of sulfonamides is 1. The van der Waals surface area contributed by atoms with Crippen LogP contribution in [0.2, 0.25) is 5.02 Å². The molecule has 0 N–H and O–H groups in total. The van der Waals surface area contributed by atoms with E-state index in [4.69, 9.17) is 11.6 Å². The summed E-state index contributed by atoms with van der Waals surface area (Å²) in [6, 6.07) is 3.25. The smallest absolute Gasteiger partial charge is 0.243 e. The lowest BCUT2D eigenvalue weighted by atomic mass is 10.0. The molecule has 0 radical (unpaired) electrons. The third-order valence-electron chi connectivity index (χ3n) is 4.06. The minimum absolute atomic E-state index is 0.0136. The lowest BCUT2D eigenvalue weighted by molar-refractivity contribution is 0.256. The number of hydrogen-bond acceptors (Lipinski definition) is 3. The van der Waals surface area contributed by atoms with Crippen molar-refractivity contribution < 1.29 is 12.8 Å². The molecule has 1 aliphatic rings. The van der Waals surface area contributed by atoms with Gasteiger partial charge in [0.05, 0.1) is 22.2 Å². The Labute approximate surface area is 139 Å². The summed E-state index contributed by atoms with van der Waals surface area (Å²) in [5.41, 5.74) is 0.865. The Morgan fingerprint density at radius 2 is 2.13 bits per heavy atom. The van der Waals surface area contributed by atoms with Crippen molar-refractivity contribution in [1.29, 1.82) is 0 Å². The molecule has 124 valence electrons. The zero-order chi connectivity index (χ0) is 16.6. The minimum Gasteiger partial charge on any atom is -0.275 e. The molecular formula is C15H17ClFN3O2S. The first-order valence-corrected chi connectivity index (χ1v) is 9.17. The molecule has 0 spiro atoms. The van der Waals surface area contributed by atoms with Crippen LogP contribution in [0.15, 0.2) is 35.5 Å². The second-order valence-corrected chi connectivity index (χ2v) is 7.95. The lowest BCUT2D eigenvalue weighted by Gasteiger charge is -2.34. The first kappa shape index (κ1) is 16.4. The highest BCUT2D eigenvalue weighted by atomic mass is 35.5. The van der Waals surface area contributed by atoms with Gasteiger partial charge in [0.25, 0.3) is 0 Å². The van der Waals surface area contributed by atoms with Crippen LogP contribution in [0, 0.1) is 5.82 Å². The number of rotatable bonds is 3. The van der Waals surface area contributed by atoms with E-state index in [1.54, 1.807) is 17.9 Å². The summed E-state index contributed by atoms with van der Waals surface area (Å²) in [6.45, 7) is 0.427. The fourth-order valence-corrected chi connectivity index (χ4v) is 4.87. The average molecular weight is 358 g/mol. The van der Waals surface area contributed by atoms with E-state index in [2.05, 4.69) is 5.10 Å². The van der Waals surface area contributed by atoms with Crippen LogP contribution in [0.4, 0.5) is 4.39 Å². The Kier molecular flexibility index (Phi) is 4.44. The first-order valence-electron chi connectivity index (χ1n) is 7.35. The Bertz CT molecular complexity index is 822. The number of piperidine rings is 1. The van der Waals surface area contributed by atoms with Crippen LogP contribution < -0.4 is 0 Å². The molecule has 0 amide bonds. The molecule has 8 heteroatoms. The molecule has 0 saturated carbocycles. The Morgan fingerprint density at radius 3 is 2.78 bits per heavy atom. The molecule has 0 aliphatic carbocycles. The van der Waals surface area contributed by atoms with Crippen molar-refractivity contribution in [3.63, 3.8) is 0 Å². The second-order valence-electron chi connectivity index (χ2n) is 5.65. The standard InChI is InChI=1S/C15H17ClFN3O2S/c1-19-10-11(9-18-19)15-4-2-3-7-20(15)23(21,22)12-5-6-14(17)13(16)8-12/h5-6,8-10,15H,2-4,7H2,1H3. The number of aromatic nitrogens is 2. The summed E-state index contributed by atoms with van der Waals surface area (Å²) < 4.78 is 42.4. The summed E-state index contributed by atoms with van der Waals surface area (Å²) >= 11 is 5.74. The van der Waals surface area contributed by atoms with Gasteiger partial charge in [0.1, 0.15) is 5.82 Å². The van der Waals surface area contributed by atoms with Crippen LogP contribution in [0.1, 0.15) is 30.9 Å². The van der Waals surface area contributed by atoms with Gasteiger partial charge in [0.2, 0.25) is 10.0 Å². The molecule has 1 aliphatic heterocycles. The largest absolute Gasteiger partial charge is 0.275 e.